The molecule has 0 fully saturated rings. The van der Waals surface area contributed by atoms with Crippen LogP contribution in [-0.4, -0.2) is 57.8 Å². The second kappa shape index (κ2) is 25.7. The highest BCUT2D eigenvalue weighted by atomic mass is 79.9. The van der Waals surface area contributed by atoms with Gasteiger partial charge in [0.15, 0.2) is 0 Å². The number of hydrogen-bond donors (Lipinski definition) is 4. The second-order valence-corrected chi connectivity index (χ2v) is 22.7. The maximum absolute atomic E-state index is 14.4. The fourth-order valence-corrected chi connectivity index (χ4v) is 12.8. The molecule has 10 aromatic rings. The number of aromatic amines is 2. The number of rotatable bonds is 23. The lowest BCUT2D eigenvalue weighted by Crippen LogP contribution is -2.36. The second-order valence-electron chi connectivity index (χ2n) is 18.3. The topological polar surface area (TPSA) is 133 Å². The van der Waals surface area contributed by atoms with Crippen molar-refractivity contribution in [3.05, 3.63) is 284 Å². The van der Waals surface area contributed by atoms with Crippen LogP contribution in [0.2, 0.25) is 0 Å². The largest absolute Gasteiger partial charge is 0.374 e. The van der Waals surface area contributed by atoms with E-state index in [0.29, 0.717) is 24.6 Å². The van der Waals surface area contributed by atoms with Crippen molar-refractivity contribution in [2.75, 3.05) is 24.6 Å². The van der Waals surface area contributed by atoms with Gasteiger partial charge in [0.1, 0.15) is 11.4 Å². The first-order valence-corrected chi connectivity index (χ1v) is 29.6. The Kier molecular flexibility index (Phi) is 17.7. The lowest BCUT2D eigenvalue weighted by molar-refractivity contribution is -0.116. The zero-order valence-corrected chi connectivity index (χ0v) is 47.1. The van der Waals surface area contributed by atoms with Gasteiger partial charge in [-0.15, -0.1) is 0 Å². The Hall–Kier alpha value is -7.62. The van der Waals surface area contributed by atoms with Crippen molar-refractivity contribution < 1.29 is 19.3 Å². The number of nitrogens with one attached hydrogen (secondary N) is 4. The van der Waals surface area contributed by atoms with Crippen LogP contribution in [0.4, 0.5) is 0 Å². The van der Waals surface area contributed by atoms with Crippen molar-refractivity contribution in [1.82, 2.24) is 20.6 Å². The van der Waals surface area contributed by atoms with Crippen molar-refractivity contribution in [3.8, 4) is 0 Å². The average molecular weight is 1200 g/mol. The van der Waals surface area contributed by atoms with Gasteiger partial charge in [0.25, 0.3) is 11.8 Å². The zero-order valence-electron chi connectivity index (χ0n) is 42.3. The first kappa shape index (κ1) is 53.8. The van der Waals surface area contributed by atoms with Gasteiger partial charge in [-0.05, 0) is 35.4 Å². The highest BCUT2D eigenvalue weighted by Crippen LogP contribution is 2.43. The molecule has 0 radical (unpaired) electrons. The number of benzene rings is 8. The maximum atomic E-state index is 14.4. The van der Waals surface area contributed by atoms with Crippen molar-refractivity contribution in [2.45, 2.75) is 24.0 Å². The molecule has 0 atom stereocenters. The minimum Gasteiger partial charge on any atom is -0.374 e. The fourth-order valence-electron chi connectivity index (χ4n) is 9.70. The number of carbonyl (C=O) groups excluding carboxylic acids is 2. The minimum absolute atomic E-state index is 0.199. The standard InChI is InChI=1S/C64H54Br2N6O4S2/c65-53-33-19-35-55-59(53)45(43-69-55)41-57(71-75-63(47-21-7-1-8-22-47,48-23-9-2-10-24-48)49-25-11-3-12-26-49)61(73)67-37-39-77-78-40-38-68-62(74)58(42-46-44-70-56-36-20-34-54(66)60(46)56)72-76-64(50-27-13-4-14-28-50,51-29-15-5-16-30-51)52-31-17-6-18-32-52/h1-36,43-44,69-70H,37-42H2,(H,67,73)(H,68,74)/b71-57+,72-58+. The van der Waals surface area contributed by atoms with Gasteiger partial charge in [-0.1, -0.05) is 258 Å². The molecule has 10 rings (SSSR count). The molecular formula is C64H54Br2N6O4S2. The molecular weight excluding hydrogens is 1140 g/mol. The van der Waals surface area contributed by atoms with Gasteiger partial charge < -0.3 is 30.3 Å². The molecule has 0 saturated carbocycles. The summed E-state index contributed by atoms with van der Waals surface area (Å²) in [6, 6.07) is 71.7. The Morgan fingerprint density at radius 1 is 0.423 bits per heavy atom. The number of oxime groups is 2. The van der Waals surface area contributed by atoms with Crippen molar-refractivity contribution in [1.29, 1.82) is 0 Å². The molecule has 0 aliphatic heterocycles. The van der Waals surface area contributed by atoms with Crippen LogP contribution < -0.4 is 10.6 Å². The highest BCUT2D eigenvalue weighted by Gasteiger charge is 2.41. The Morgan fingerprint density at radius 2 is 0.718 bits per heavy atom. The smallest absolute Gasteiger partial charge is 0.269 e. The predicted molar refractivity (Wildman–Crippen MR) is 326 cm³/mol. The molecule has 390 valence electrons. The molecule has 0 bridgehead atoms. The van der Waals surface area contributed by atoms with Gasteiger partial charge in [-0.2, -0.15) is 0 Å². The molecule has 0 aliphatic rings. The van der Waals surface area contributed by atoms with E-state index in [0.717, 1.165) is 75.3 Å². The molecule has 14 heteroatoms. The average Bonchev–Trinajstić information content (AvgIpc) is 4.14. The van der Waals surface area contributed by atoms with Crippen LogP contribution in [0.15, 0.2) is 250 Å². The number of halogens is 2. The Morgan fingerprint density at radius 3 is 1.01 bits per heavy atom. The molecule has 2 amide bonds. The van der Waals surface area contributed by atoms with Gasteiger partial charge in [-0.3, -0.25) is 9.59 Å². The number of amides is 2. The Balaban J connectivity index is 0.841. The number of aromatic nitrogens is 2. The normalized spacial score (nSPS) is 12.1. The third-order valence-corrected chi connectivity index (χ3v) is 17.1. The molecule has 0 saturated heterocycles. The first-order chi connectivity index (χ1) is 38.3. The summed E-state index contributed by atoms with van der Waals surface area (Å²) in [5.74, 6) is 0.500. The summed E-state index contributed by atoms with van der Waals surface area (Å²) in [6.45, 7) is 0.724. The van der Waals surface area contributed by atoms with Crippen LogP contribution in [-0.2, 0) is 43.3 Å². The minimum atomic E-state index is -1.18. The summed E-state index contributed by atoms with van der Waals surface area (Å²) in [5, 5.41) is 17.8. The van der Waals surface area contributed by atoms with E-state index < -0.39 is 11.2 Å². The van der Waals surface area contributed by atoms with Crippen LogP contribution in [0.5, 0.6) is 0 Å². The number of nitrogens with zero attached hydrogens (tertiary/aromatic N) is 2. The lowest BCUT2D eigenvalue weighted by atomic mass is 9.80. The molecule has 0 aliphatic carbocycles. The summed E-state index contributed by atoms with van der Waals surface area (Å²) >= 11 is 7.47. The van der Waals surface area contributed by atoms with Gasteiger partial charge in [0.2, 0.25) is 11.2 Å². The van der Waals surface area contributed by atoms with Crippen LogP contribution in [0, 0.1) is 0 Å². The molecule has 2 heterocycles. The van der Waals surface area contributed by atoms with Crippen molar-refractivity contribution in [2.24, 2.45) is 10.3 Å². The zero-order chi connectivity index (χ0) is 53.6. The number of hydrogen-bond acceptors (Lipinski definition) is 8. The van der Waals surface area contributed by atoms with E-state index in [1.807, 2.05) is 231 Å². The highest BCUT2D eigenvalue weighted by molar-refractivity contribution is 9.11. The summed E-state index contributed by atoms with van der Waals surface area (Å²) in [5.41, 5.74) is 6.91. The Bertz CT molecular complexity index is 3220. The molecule has 0 unspecified atom stereocenters. The molecule has 78 heavy (non-hydrogen) atoms. The Labute approximate surface area is 478 Å². The van der Waals surface area contributed by atoms with Crippen LogP contribution in [0.3, 0.4) is 0 Å². The molecule has 10 nitrogen and oxygen atoms in total. The van der Waals surface area contributed by atoms with E-state index in [-0.39, 0.29) is 36.1 Å². The van der Waals surface area contributed by atoms with Gasteiger partial charge in [0, 0.05) is 114 Å². The molecule has 8 aromatic carbocycles. The van der Waals surface area contributed by atoms with E-state index in [2.05, 4.69) is 52.5 Å². The third-order valence-electron chi connectivity index (χ3n) is 13.4. The van der Waals surface area contributed by atoms with Crippen LogP contribution >= 0.6 is 53.4 Å². The van der Waals surface area contributed by atoms with E-state index in [1.165, 1.54) is 0 Å². The molecule has 4 N–H and O–H groups in total. The lowest BCUT2D eigenvalue weighted by Gasteiger charge is -2.33. The SMILES string of the molecule is O=C(NCCSSCCNC(=O)/C(Cc1c[nH]c2cccc(Br)c12)=N/OC(c1ccccc1)(c1ccccc1)c1ccccc1)/C(Cc1c[nH]c2cccc(Br)c12)=N/OC(c1ccccc1)(c1ccccc1)c1ccccc1. The summed E-state index contributed by atoms with van der Waals surface area (Å²) < 4.78 is 1.81. The van der Waals surface area contributed by atoms with E-state index in [4.69, 9.17) is 20.0 Å². The first-order valence-electron chi connectivity index (χ1n) is 25.5. The summed E-state index contributed by atoms with van der Waals surface area (Å²) in [4.78, 5) is 49.3. The summed E-state index contributed by atoms with van der Waals surface area (Å²) in [6.07, 6.45) is 4.23. The third kappa shape index (κ3) is 11.9. The predicted octanol–water partition coefficient (Wildman–Crippen LogP) is 14.3. The maximum Gasteiger partial charge on any atom is 0.269 e. The molecule has 2 aromatic heterocycles. The number of fused-ring (bicyclic) bond motifs is 2. The van der Waals surface area contributed by atoms with E-state index >= 15 is 0 Å². The quantitative estimate of drug-likeness (QED) is 0.0166. The van der Waals surface area contributed by atoms with Crippen LogP contribution in [0.1, 0.15) is 44.5 Å². The van der Waals surface area contributed by atoms with Crippen molar-refractivity contribution >= 4 is 98.5 Å². The van der Waals surface area contributed by atoms with E-state index in [1.54, 1.807) is 21.6 Å². The number of carbonyl (C=O) groups is 2. The number of H-pyrrole nitrogens is 2. The van der Waals surface area contributed by atoms with Crippen molar-refractivity contribution in [3.63, 3.8) is 0 Å². The van der Waals surface area contributed by atoms with Gasteiger partial charge >= 0.3 is 0 Å². The summed E-state index contributed by atoms with van der Waals surface area (Å²) in [7, 11) is 3.21. The monoisotopic (exact) mass is 1190 g/mol. The van der Waals surface area contributed by atoms with Crippen LogP contribution in [0.25, 0.3) is 21.8 Å². The van der Waals surface area contributed by atoms with Gasteiger partial charge in [-0.25, -0.2) is 0 Å². The fraction of sp³-hybridized carbons (Fsp3) is 0.125. The van der Waals surface area contributed by atoms with E-state index in [9.17, 15) is 9.59 Å². The molecule has 0 spiro atoms. The van der Waals surface area contributed by atoms with Gasteiger partial charge in [0.05, 0.1) is 0 Å².